The molecule has 0 aliphatic heterocycles. The third-order valence-electron chi connectivity index (χ3n) is 0.129. The monoisotopic (exact) mass is 103 g/mol. The van der Waals surface area contributed by atoms with Crippen LogP contribution in [0.2, 0.25) is 0 Å². The van der Waals surface area contributed by atoms with Crippen molar-refractivity contribution in [2.45, 2.75) is 0 Å². The Morgan fingerprint density at radius 1 is 1.60 bits per heavy atom. The Balaban J connectivity index is 3.42. The van der Waals surface area contributed by atoms with Crippen molar-refractivity contribution in [2.75, 3.05) is 0 Å². The second kappa shape index (κ2) is 2.45. The van der Waals surface area contributed by atoms with Gasteiger partial charge < -0.3 is 0 Å². The van der Waals surface area contributed by atoms with Crippen LogP contribution in [0.15, 0.2) is 0 Å². The summed E-state index contributed by atoms with van der Waals surface area (Å²) < 4.78 is 0. The largest absolute Gasteiger partial charge is 0.275 e. The maximum atomic E-state index is 4.97. The number of hydrogen-bond donors (Lipinski definition) is 2. The van der Waals surface area contributed by atoms with Crippen molar-refractivity contribution in [3.8, 4) is 5.25 Å². The fraction of sp³-hybridized carbons (Fsp3) is 0. The van der Waals surface area contributed by atoms with Gasteiger partial charge >= 0.3 is 0 Å². The van der Waals surface area contributed by atoms with Crippen LogP contribution in [0.3, 0.4) is 0 Å². The molecule has 0 rings (SSSR count). The summed E-state index contributed by atoms with van der Waals surface area (Å²) in [5.41, 5.74) is 9.95. The molecule has 3 radical (unpaired) electrons. The molecule has 0 aliphatic carbocycles. The van der Waals surface area contributed by atoms with Gasteiger partial charge in [0.25, 0.3) is 0 Å². The fourth-order valence-electron chi connectivity index (χ4n) is 0. The van der Waals surface area contributed by atoms with Gasteiger partial charge in [0.2, 0.25) is 0 Å². The molecule has 0 amide bonds. The number of hydrogen-bond acceptors (Lipinski definition) is 2. The van der Waals surface area contributed by atoms with E-state index in [1.54, 1.807) is 0 Å². The average Bonchev–Trinajstić information content (AvgIpc) is 1.38. The summed E-state index contributed by atoms with van der Waals surface area (Å²) in [6.07, 6.45) is 0. The molecule has 0 heterocycles. The van der Waals surface area contributed by atoms with Gasteiger partial charge in [0, 0.05) is 7.68 Å². The highest BCUT2D eigenvalue weighted by atomic mass is 31.1. The maximum Gasteiger partial charge on any atom is 0.144 e. The van der Waals surface area contributed by atoms with E-state index in [4.69, 9.17) is 11.0 Å². The molecule has 0 saturated heterocycles. The average molecular weight is 103 g/mol. The third kappa shape index (κ3) is 4.22. The molecule has 0 saturated carbocycles. The lowest BCUT2D eigenvalue weighted by molar-refractivity contribution is 1.85. The van der Waals surface area contributed by atoms with E-state index in [9.17, 15) is 0 Å². The SMILES string of the molecule is NP(N)#C[Si]. The van der Waals surface area contributed by atoms with Crippen LogP contribution in [0.4, 0.5) is 0 Å². The summed E-state index contributed by atoms with van der Waals surface area (Å²) in [6, 6.07) is 0. The van der Waals surface area contributed by atoms with E-state index >= 15 is 0 Å². The molecule has 0 aromatic rings. The van der Waals surface area contributed by atoms with Crippen molar-refractivity contribution in [2.24, 2.45) is 11.0 Å². The molecular weight excluding hydrogens is 99.1 g/mol. The minimum atomic E-state index is -0.935. The van der Waals surface area contributed by atoms with Crippen molar-refractivity contribution in [1.82, 2.24) is 0 Å². The Kier molecular flexibility index (Phi) is 2.56. The Morgan fingerprint density at radius 3 is 1.80 bits per heavy atom. The van der Waals surface area contributed by atoms with Gasteiger partial charge in [0.05, 0.1) is 0 Å². The van der Waals surface area contributed by atoms with E-state index < -0.39 is 7.68 Å². The van der Waals surface area contributed by atoms with Crippen molar-refractivity contribution in [3.63, 3.8) is 0 Å². The Hall–Kier alpha value is 0.217. The molecule has 4 heteroatoms. The lowest BCUT2D eigenvalue weighted by Gasteiger charge is -1.70. The Labute approximate surface area is 35.1 Å². The molecule has 4 N–H and O–H groups in total. The topological polar surface area (TPSA) is 52.0 Å². The molecule has 0 aromatic carbocycles. The molecular formula is CH4N2PSi. The van der Waals surface area contributed by atoms with Gasteiger partial charge in [-0.05, 0) is 0 Å². The van der Waals surface area contributed by atoms with Gasteiger partial charge in [-0.25, -0.2) is 0 Å². The van der Waals surface area contributed by atoms with Crippen LogP contribution in [-0.2, 0) is 0 Å². The summed E-state index contributed by atoms with van der Waals surface area (Å²) in [6.45, 7) is 0. The lowest BCUT2D eigenvalue weighted by atomic mass is 11.9. The third-order valence-corrected chi connectivity index (χ3v) is 1.16. The number of rotatable bonds is 0. The molecule has 2 nitrogen and oxygen atoms in total. The van der Waals surface area contributed by atoms with Gasteiger partial charge in [-0.2, -0.15) is 0 Å². The molecule has 0 unspecified atom stereocenters. The van der Waals surface area contributed by atoms with E-state index in [1.807, 2.05) is 0 Å². The van der Waals surface area contributed by atoms with Crippen molar-refractivity contribution < 1.29 is 0 Å². The second-order valence-electron chi connectivity index (χ2n) is 0.519. The summed E-state index contributed by atoms with van der Waals surface area (Å²) in [4.78, 5) is 0. The minimum Gasteiger partial charge on any atom is -0.275 e. The summed E-state index contributed by atoms with van der Waals surface area (Å²) in [7, 11) is 1.95. The molecule has 0 aromatic heterocycles. The summed E-state index contributed by atoms with van der Waals surface area (Å²) in [5.74, 6) is 0. The predicted molar refractivity (Wildman–Crippen MR) is 24.9 cm³/mol. The maximum absolute atomic E-state index is 4.97. The fourth-order valence-corrected chi connectivity index (χ4v) is 0. The first-order valence-corrected chi connectivity index (χ1v) is 2.97. The van der Waals surface area contributed by atoms with Crippen LogP contribution >= 0.6 is 7.68 Å². The molecule has 0 atom stereocenters. The van der Waals surface area contributed by atoms with Crippen molar-refractivity contribution in [1.29, 1.82) is 0 Å². The molecule has 27 valence electrons. The Bertz CT molecular complexity index is 80.8. The van der Waals surface area contributed by atoms with E-state index in [1.165, 1.54) is 0 Å². The minimum absolute atomic E-state index is 0.935. The first-order chi connectivity index (χ1) is 2.27. The summed E-state index contributed by atoms with van der Waals surface area (Å²) in [5, 5.41) is 2.45. The smallest absolute Gasteiger partial charge is 0.144 e. The van der Waals surface area contributed by atoms with E-state index in [0.29, 0.717) is 0 Å². The van der Waals surface area contributed by atoms with Crippen LogP contribution < -0.4 is 11.0 Å². The quantitative estimate of drug-likeness (QED) is 0.314. The highest BCUT2D eigenvalue weighted by molar-refractivity contribution is 7.42. The van der Waals surface area contributed by atoms with Crippen LogP contribution in [0, 0.1) is 5.25 Å². The van der Waals surface area contributed by atoms with E-state index in [-0.39, 0.29) is 0 Å². The van der Waals surface area contributed by atoms with Gasteiger partial charge in [-0.1, -0.05) is 0 Å². The predicted octanol–water partition coefficient (Wildman–Crippen LogP) is -0.699. The Morgan fingerprint density at radius 2 is 1.80 bits per heavy atom. The van der Waals surface area contributed by atoms with Gasteiger partial charge in [-0.15, -0.1) is 5.25 Å². The normalized spacial score (nSPS) is 6.20. The van der Waals surface area contributed by atoms with Gasteiger partial charge in [0.15, 0.2) is 0 Å². The van der Waals surface area contributed by atoms with E-state index in [2.05, 4.69) is 15.5 Å². The van der Waals surface area contributed by atoms with Crippen LogP contribution in [0.25, 0.3) is 0 Å². The van der Waals surface area contributed by atoms with Crippen LogP contribution in [0.5, 0.6) is 0 Å². The first-order valence-electron chi connectivity index (χ1n) is 0.990. The molecule has 5 heavy (non-hydrogen) atoms. The highest BCUT2D eigenvalue weighted by Crippen LogP contribution is 1.81. The van der Waals surface area contributed by atoms with Crippen LogP contribution in [0.1, 0.15) is 0 Å². The summed E-state index contributed by atoms with van der Waals surface area (Å²) >= 11 is 0. The lowest BCUT2D eigenvalue weighted by Crippen LogP contribution is -1.84. The zero-order valence-electron chi connectivity index (χ0n) is 2.60. The van der Waals surface area contributed by atoms with Gasteiger partial charge in [0.1, 0.15) is 10.2 Å². The van der Waals surface area contributed by atoms with E-state index in [0.717, 1.165) is 0 Å². The zero-order chi connectivity index (χ0) is 4.28. The molecule has 0 aliphatic rings. The highest BCUT2D eigenvalue weighted by Gasteiger charge is 1.51. The molecule has 0 bridgehead atoms. The van der Waals surface area contributed by atoms with Gasteiger partial charge in [-0.3, -0.25) is 11.0 Å². The molecule has 0 spiro atoms. The zero-order valence-corrected chi connectivity index (χ0v) is 4.50. The van der Waals surface area contributed by atoms with Crippen LogP contribution in [-0.4, -0.2) is 10.2 Å². The van der Waals surface area contributed by atoms with Crippen molar-refractivity contribution in [3.05, 3.63) is 0 Å². The number of nitrogens with two attached hydrogens (primary N) is 2. The second-order valence-corrected chi connectivity index (χ2v) is 2.23. The van der Waals surface area contributed by atoms with Crippen molar-refractivity contribution >= 4 is 17.9 Å². The standard InChI is InChI=1S/CH4N2PSi/c2-4(3)1-5/h2-3H2. The molecule has 0 fully saturated rings. The first kappa shape index (κ1) is 5.22.